The number of hydrogen-bond acceptors (Lipinski definition) is 1. The fourth-order valence-electron chi connectivity index (χ4n) is 3.35. The first-order valence-corrected chi connectivity index (χ1v) is 9.50. The first-order valence-electron chi connectivity index (χ1n) is 9.50. The molecular formula is C25H31N. The highest BCUT2D eigenvalue weighted by molar-refractivity contribution is 5.86. The van der Waals surface area contributed by atoms with E-state index in [4.69, 9.17) is 4.98 Å². The molecule has 0 fully saturated rings. The van der Waals surface area contributed by atoms with Gasteiger partial charge in [0.15, 0.2) is 0 Å². The summed E-state index contributed by atoms with van der Waals surface area (Å²) in [5.74, 6) is 0. The Balaban J connectivity index is 2.27. The molecule has 26 heavy (non-hydrogen) atoms. The van der Waals surface area contributed by atoms with Crippen LogP contribution in [-0.2, 0) is 10.8 Å². The summed E-state index contributed by atoms with van der Waals surface area (Å²) < 4.78 is 0. The third-order valence-corrected chi connectivity index (χ3v) is 5.28. The Morgan fingerprint density at radius 3 is 1.96 bits per heavy atom. The Labute approximate surface area is 158 Å². The molecule has 0 radical (unpaired) electrons. The van der Waals surface area contributed by atoms with Crippen molar-refractivity contribution < 1.29 is 0 Å². The van der Waals surface area contributed by atoms with Crippen LogP contribution in [0.4, 0.5) is 0 Å². The van der Waals surface area contributed by atoms with E-state index in [0.717, 1.165) is 11.2 Å². The van der Waals surface area contributed by atoms with Crippen LogP contribution in [0.25, 0.3) is 22.2 Å². The molecule has 1 heterocycles. The van der Waals surface area contributed by atoms with E-state index in [0.29, 0.717) is 0 Å². The fourth-order valence-corrected chi connectivity index (χ4v) is 3.35. The normalized spacial score (nSPS) is 12.6. The third-order valence-electron chi connectivity index (χ3n) is 5.28. The molecule has 1 nitrogen and oxygen atoms in total. The summed E-state index contributed by atoms with van der Waals surface area (Å²) in [5.41, 5.74) is 8.87. The summed E-state index contributed by atoms with van der Waals surface area (Å²) in [6, 6.07) is 15.7. The predicted octanol–water partition coefficient (Wildman–Crippen LogP) is 7.11. The standard InChI is InChI=1S/C25H31N/c1-16-9-10-18(13-17(16)2)22-12-11-20-21(25(6,7)8)14-19(24(3,4)5)15-23(20)26-22/h9-15H,1-8H3. The predicted molar refractivity (Wildman–Crippen MR) is 114 cm³/mol. The molecule has 0 spiro atoms. The molecule has 0 aliphatic rings. The van der Waals surface area contributed by atoms with Gasteiger partial charge >= 0.3 is 0 Å². The number of aryl methyl sites for hydroxylation is 2. The first-order chi connectivity index (χ1) is 12.0. The summed E-state index contributed by atoms with van der Waals surface area (Å²) in [4.78, 5) is 5.06. The maximum absolute atomic E-state index is 5.06. The molecule has 0 saturated heterocycles. The molecule has 3 aromatic rings. The average Bonchev–Trinajstić information content (AvgIpc) is 2.54. The van der Waals surface area contributed by atoms with E-state index in [-0.39, 0.29) is 10.8 Å². The highest BCUT2D eigenvalue weighted by atomic mass is 14.7. The molecule has 0 unspecified atom stereocenters. The summed E-state index contributed by atoms with van der Waals surface area (Å²) in [6.07, 6.45) is 0. The van der Waals surface area contributed by atoms with Gasteiger partial charge in [0.2, 0.25) is 0 Å². The first kappa shape index (κ1) is 18.6. The minimum atomic E-state index is 0.0865. The van der Waals surface area contributed by atoms with Crippen molar-refractivity contribution in [2.45, 2.75) is 66.2 Å². The Bertz CT molecular complexity index is 966. The fraction of sp³-hybridized carbons (Fsp3) is 0.400. The van der Waals surface area contributed by atoms with Crippen molar-refractivity contribution in [1.82, 2.24) is 4.98 Å². The molecule has 0 aliphatic carbocycles. The van der Waals surface area contributed by atoms with Crippen molar-refractivity contribution in [3.8, 4) is 11.3 Å². The van der Waals surface area contributed by atoms with Gasteiger partial charge in [-0.3, -0.25) is 0 Å². The zero-order chi connectivity index (χ0) is 19.3. The van der Waals surface area contributed by atoms with Gasteiger partial charge in [-0.2, -0.15) is 0 Å². The number of hydrogen-bond donors (Lipinski definition) is 0. The van der Waals surface area contributed by atoms with Gasteiger partial charge < -0.3 is 0 Å². The largest absolute Gasteiger partial charge is 0.248 e. The molecule has 136 valence electrons. The number of fused-ring (bicyclic) bond motifs is 1. The Morgan fingerprint density at radius 1 is 0.692 bits per heavy atom. The number of rotatable bonds is 1. The lowest BCUT2D eigenvalue weighted by Crippen LogP contribution is -2.17. The lowest BCUT2D eigenvalue weighted by molar-refractivity contribution is 0.572. The van der Waals surface area contributed by atoms with Gasteiger partial charge in [0.1, 0.15) is 0 Å². The van der Waals surface area contributed by atoms with Crippen LogP contribution >= 0.6 is 0 Å². The van der Waals surface area contributed by atoms with Crippen LogP contribution in [0.2, 0.25) is 0 Å². The van der Waals surface area contributed by atoms with Crippen LogP contribution in [0, 0.1) is 13.8 Å². The molecule has 3 rings (SSSR count). The van der Waals surface area contributed by atoms with Crippen LogP contribution < -0.4 is 0 Å². The highest BCUT2D eigenvalue weighted by Gasteiger charge is 2.22. The van der Waals surface area contributed by atoms with Crippen LogP contribution in [0.15, 0.2) is 42.5 Å². The number of nitrogens with zero attached hydrogens (tertiary/aromatic N) is 1. The van der Waals surface area contributed by atoms with Crippen molar-refractivity contribution in [2.24, 2.45) is 0 Å². The molecule has 1 heteroatoms. The second-order valence-corrected chi connectivity index (χ2v) is 9.59. The Morgan fingerprint density at radius 2 is 1.38 bits per heavy atom. The van der Waals surface area contributed by atoms with E-state index >= 15 is 0 Å². The zero-order valence-electron chi connectivity index (χ0n) is 17.5. The molecule has 0 atom stereocenters. The molecule has 0 bridgehead atoms. The molecule has 0 N–H and O–H groups in total. The van der Waals surface area contributed by atoms with Gasteiger partial charge in [-0.25, -0.2) is 4.98 Å². The van der Waals surface area contributed by atoms with Gasteiger partial charge in [-0.15, -0.1) is 0 Å². The minimum Gasteiger partial charge on any atom is -0.248 e. The van der Waals surface area contributed by atoms with Gasteiger partial charge in [0.05, 0.1) is 11.2 Å². The van der Waals surface area contributed by atoms with E-state index < -0.39 is 0 Å². The van der Waals surface area contributed by atoms with Crippen molar-refractivity contribution in [1.29, 1.82) is 0 Å². The average molecular weight is 346 g/mol. The highest BCUT2D eigenvalue weighted by Crippen LogP contribution is 2.35. The van der Waals surface area contributed by atoms with Gasteiger partial charge in [0, 0.05) is 10.9 Å². The number of benzene rings is 2. The summed E-state index contributed by atoms with van der Waals surface area (Å²) in [5, 5.41) is 1.26. The molecular weight excluding hydrogens is 314 g/mol. The molecule has 2 aromatic carbocycles. The molecule has 0 amide bonds. The topological polar surface area (TPSA) is 12.9 Å². The van der Waals surface area contributed by atoms with Crippen molar-refractivity contribution in [3.63, 3.8) is 0 Å². The summed E-state index contributed by atoms with van der Waals surface area (Å²) in [6.45, 7) is 18.0. The lowest BCUT2D eigenvalue weighted by Gasteiger charge is -2.26. The minimum absolute atomic E-state index is 0.0865. The third kappa shape index (κ3) is 3.53. The SMILES string of the molecule is Cc1ccc(-c2ccc3c(C(C)(C)C)cc(C(C)(C)C)cc3n2)cc1C. The van der Waals surface area contributed by atoms with E-state index in [1.165, 1.54) is 33.2 Å². The van der Waals surface area contributed by atoms with E-state index in [1.54, 1.807) is 0 Å². The quantitative estimate of drug-likeness (QED) is 0.458. The Hall–Kier alpha value is -2.15. The monoisotopic (exact) mass is 345 g/mol. The van der Waals surface area contributed by atoms with Crippen LogP contribution in [0.3, 0.4) is 0 Å². The van der Waals surface area contributed by atoms with Gasteiger partial charge in [-0.1, -0.05) is 65.8 Å². The van der Waals surface area contributed by atoms with E-state index in [2.05, 4.69) is 97.9 Å². The van der Waals surface area contributed by atoms with Gasteiger partial charge in [-0.05, 0) is 65.1 Å². The smallest absolute Gasteiger partial charge is 0.0715 e. The van der Waals surface area contributed by atoms with Crippen LogP contribution in [-0.4, -0.2) is 4.98 Å². The van der Waals surface area contributed by atoms with E-state index in [1.807, 2.05) is 0 Å². The zero-order valence-corrected chi connectivity index (χ0v) is 17.5. The number of aromatic nitrogens is 1. The van der Waals surface area contributed by atoms with Crippen LogP contribution in [0.5, 0.6) is 0 Å². The summed E-state index contributed by atoms with van der Waals surface area (Å²) >= 11 is 0. The van der Waals surface area contributed by atoms with Gasteiger partial charge in [0.25, 0.3) is 0 Å². The van der Waals surface area contributed by atoms with Crippen LogP contribution in [0.1, 0.15) is 63.8 Å². The van der Waals surface area contributed by atoms with Crippen molar-refractivity contribution in [2.75, 3.05) is 0 Å². The second-order valence-electron chi connectivity index (χ2n) is 9.59. The number of pyridine rings is 1. The second kappa shape index (κ2) is 6.23. The maximum Gasteiger partial charge on any atom is 0.0715 e. The van der Waals surface area contributed by atoms with Crippen molar-refractivity contribution >= 4 is 10.9 Å². The van der Waals surface area contributed by atoms with Crippen molar-refractivity contribution in [3.05, 3.63) is 64.7 Å². The Kier molecular flexibility index (Phi) is 4.46. The maximum atomic E-state index is 5.06. The van der Waals surface area contributed by atoms with E-state index in [9.17, 15) is 0 Å². The molecule has 1 aromatic heterocycles. The lowest BCUT2D eigenvalue weighted by atomic mass is 9.79. The molecule has 0 saturated carbocycles. The molecule has 0 aliphatic heterocycles. The summed E-state index contributed by atoms with van der Waals surface area (Å²) in [7, 11) is 0.